The van der Waals surface area contributed by atoms with E-state index in [-0.39, 0.29) is 10.9 Å². The largest absolute Gasteiger partial charge is 0.381 e. The van der Waals surface area contributed by atoms with Crippen molar-refractivity contribution in [1.29, 1.82) is 0 Å². The van der Waals surface area contributed by atoms with Gasteiger partial charge < -0.3 is 15.4 Å². The zero-order chi connectivity index (χ0) is 16.0. The SMILES string of the molecule is CNS(=O)(=O)c1ccc(CNC(=O)NCC2CCOC2)cc1. The van der Waals surface area contributed by atoms with Crippen molar-refractivity contribution in [2.45, 2.75) is 17.9 Å². The van der Waals surface area contributed by atoms with E-state index >= 15 is 0 Å². The van der Waals surface area contributed by atoms with E-state index in [9.17, 15) is 13.2 Å². The monoisotopic (exact) mass is 327 g/mol. The highest BCUT2D eigenvalue weighted by Crippen LogP contribution is 2.11. The molecule has 0 saturated carbocycles. The van der Waals surface area contributed by atoms with Crippen molar-refractivity contribution in [3.63, 3.8) is 0 Å². The second-order valence-corrected chi connectivity index (χ2v) is 7.03. The molecule has 1 aromatic carbocycles. The standard InChI is InChI=1S/C14H21N3O4S/c1-15-22(19,20)13-4-2-11(3-5-13)8-16-14(18)17-9-12-6-7-21-10-12/h2-5,12,15H,6-10H2,1H3,(H2,16,17,18). The van der Waals surface area contributed by atoms with Crippen LogP contribution in [0.25, 0.3) is 0 Å². The number of hydrogen-bond donors (Lipinski definition) is 3. The van der Waals surface area contributed by atoms with Gasteiger partial charge in [-0.2, -0.15) is 0 Å². The Morgan fingerprint density at radius 3 is 2.59 bits per heavy atom. The van der Waals surface area contributed by atoms with Crippen LogP contribution in [0.3, 0.4) is 0 Å². The summed E-state index contributed by atoms with van der Waals surface area (Å²) in [6.45, 7) is 2.40. The van der Waals surface area contributed by atoms with Crippen LogP contribution in [0.5, 0.6) is 0 Å². The van der Waals surface area contributed by atoms with Gasteiger partial charge in [0.05, 0.1) is 11.5 Å². The summed E-state index contributed by atoms with van der Waals surface area (Å²) in [7, 11) is -2.06. The maximum Gasteiger partial charge on any atom is 0.315 e. The van der Waals surface area contributed by atoms with Crippen LogP contribution in [-0.2, 0) is 21.3 Å². The molecule has 0 spiro atoms. The van der Waals surface area contributed by atoms with Gasteiger partial charge in [0.2, 0.25) is 10.0 Å². The fourth-order valence-corrected chi connectivity index (χ4v) is 2.86. The smallest absolute Gasteiger partial charge is 0.315 e. The first-order valence-corrected chi connectivity index (χ1v) is 8.61. The molecule has 1 aromatic rings. The molecule has 0 aromatic heterocycles. The van der Waals surface area contributed by atoms with E-state index in [1.165, 1.54) is 19.2 Å². The molecular weight excluding hydrogens is 306 g/mol. The third-order valence-corrected chi connectivity index (χ3v) is 4.96. The van der Waals surface area contributed by atoms with E-state index in [0.717, 1.165) is 18.6 Å². The normalized spacial score (nSPS) is 18.1. The van der Waals surface area contributed by atoms with Crippen molar-refractivity contribution in [1.82, 2.24) is 15.4 Å². The number of carbonyl (C=O) groups excluding carboxylic acids is 1. The Hall–Kier alpha value is -1.64. The van der Waals surface area contributed by atoms with E-state index in [1.54, 1.807) is 12.1 Å². The van der Waals surface area contributed by atoms with Crippen LogP contribution in [-0.4, -0.2) is 41.3 Å². The summed E-state index contributed by atoms with van der Waals surface area (Å²) >= 11 is 0. The van der Waals surface area contributed by atoms with Crippen molar-refractivity contribution >= 4 is 16.1 Å². The second-order valence-electron chi connectivity index (χ2n) is 5.14. The Morgan fingerprint density at radius 2 is 2.00 bits per heavy atom. The zero-order valence-electron chi connectivity index (χ0n) is 12.5. The van der Waals surface area contributed by atoms with Crippen molar-refractivity contribution in [2.24, 2.45) is 5.92 Å². The summed E-state index contributed by atoms with van der Waals surface area (Å²) in [5.41, 5.74) is 0.828. The first-order valence-electron chi connectivity index (χ1n) is 7.13. The van der Waals surface area contributed by atoms with Crippen LogP contribution >= 0.6 is 0 Å². The van der Waals surface area contributed by atoms with E-state index in [1.807, 2.05) is 0 Å². The first-order chi connectivity index (χ1) is 10.5. The number of amides is 2. The minimum atomic E-state index is -3.43. The molecule has 1 saturated heterocycles. The van der Waals surface area contributed by atoms with Crippen molar-refractivity contribution in [3.05, 3.63) is 29.8 Å². The van der Waals surface area contributed by atoms with Crippen LogP contribution in [0.1, 0.15) is 12.0 Å². The van der Waals surface area contributed by atoms with Crippen LogP contribution in [0.4, 0.5) is 4.79 Å². The molecule has 1 aliphatic rings. The Labute approximate surface area is 130 Å². The Kier molecular flexibility index (Phi) is 5.76. The molecule has 22 heavy (non-hydrogen) atoms. The third-order valence-electron chi connectivity index (χ3n) is 3.53. The van der Waals surface area contributed by atoms with Gasteiger partial charge in [0.15, 0.2) is 0 Å². The molecule has 1 heterocycles. The predicted octanol–water partition coefficient (Wildman–Crippen LogP) is 0.430. The number of carbonyl (C=O) groups is 1. The van der Waals surface area contributed by atoms with Gasteiger partial charge in [-0.3, -0.25) is 0 Å². The fourth-order valence-electron chi connectivity index (χ4n) is 2.13. The molecule has 2 amide bonds. The number of ether oxygens (including phenoxy) is 1. The number of rotatable bonds is 6. The van der Waals surface area contributed by atoms with Crippen molar-refractivity contribution in [2.75, 3.05) is 26.8 Å². The van der Waals surface area contributed by atoms with Crippen molar-refractivity contribution in [3.8, 4) is 0 Å². The maximum absolute atomic E-state index is 11.7. The van der Waals surface area contributed by atoms with Gasteiger partial charge >= 0.3 is 6.03 Å². The number of sulfonamides is 1. The summed E-state index contributed by atoms with van der Waals surface area (Å²) in [5, 5.41) is 5.54. The number of benzene rings is 1. The Bertz CT molecular complexity index is 595. The zero-order valence-corrected chi connectivity index (χ0v) is 13.3. The molecule has 0 bridgehead atoms. The number of nitrogens with one attached hydrogen (secondary N) is 3. The molecule has 1 atom stereocenters. The maximum atomic E-state index is 11.7. The molecule has 0 radical (unpaired) electrons. The highest BCUT2D eigenvalue weighted by atomic mass is 32.2. The van der Waals surface area contributed by atoms with E-state index in [2.05, 4.69) is 15.4 Å². The van der Waals surface area contributed by atoms with Crippen LogP contribution in [0.2, 0.25) is 0 Å². The molecule has 7 nitrogen and oxygen atoms in total. The van der Waals surface area contributed by atoms with Crippen LogP contribution < -0.4 is 15.4 Å². The van der Waals surface area contributed by atoms with Gasteiger partial charge in [0, 0.05) is 25.6 Å². The van der Waals surface area contributed by atoms with Crippen LogP contribution in [0.15, 0.2) is 29.2 Å². The lowest BCUT2D eigenvalue weighted by Crippen LogP contribution is -2.38. The summed E-state index contributed by atoms with van der Waals surface area (Å²) in [6.07, 6.45) is 0.974. The molecule has 122 valence electrons. The van der Waals surface area contributed by atoms with E-state index in [4.69, 9.17) is 4.74 Å². The number of urea groups is 1. The lowest BCUT2D eigenvalue weighted by molar-refractivity contribution is 0.185. The van der Waals surface area contributed by atoms with Gasteiger partial charge in [-0.05, 0) is 31.2 Å². The lowest BCUT2D eigenvalue weighted by atomic mass is 10.1. The highest BCUT2D eigenvalue weighted by molar-refractivity contribution is 7.89. The summed E-state index contributed by atoms with van der Waals surface area (Å²) in [6, 6.07) is 6.14. The minimum Gasteiger partial charge on any atom is -0.381 e. The van der Waals surface area contributed by atoms with Gasteiger partial charge in [0.25, 0.3) is 0 Å². The molecule has 1 unspecified atom stereocenters. The first kappa shape index (κ1) is 16.7. The van der Waals surface area contributed by atoms with Gasteiger partial charge in [-0.25, -0.2) is 17.9 Å². The highest BCUT2D eigenvalue weighted by Gasteiger charge is 2.16. The number of hydrogen-bond acceptors (Lipinski definition) is 4. The second kappa shape index (κ2) is 7.57. The van der Waals surface area contributed by atoms with Crippen LogP contribution in [0, 0.1) is 5.92 Å². The average molecular weight is 327 g/mol. The molecule has 0 aliphatic carbocycles. The molecule has 1 aliphatic heterocycles. The molecule has 1 fully saturated rings. The third kappa shape index (κ3) is 4.69. The molecule has 2 rings (SSSR count). The van der Waals surface area contributed by atoms with Gasteiger partial charge in [-0.15, -0.1) is 0 Å². The predicted molar refractivity (Wildman–Crippen MR) is 81.9 cm³/mol. The molecule has 8 heteroatoms. The lowest BCUT2D eigenvalue weighted by Gasteiger charge is -2.11. The van der Waals surface area contributed by atoms with Gasteiger partial charge in [-0.1, -0.05) is 12.1 Å². The van der Waals surface area contributed by atoms with E-state index < -0.39 is 10.0 Å². The summed E-state index contributed by atoms with van der Waals surface area (Å²) in [5.74, 6) is 0.386. The fraction of sp³-hybridized carbons (Fsp3) is 0.500. The summed E-state index contributed by atoms with van der Waals surface area (Å²) in [4.78, 5) is 11.9. The minimum absolute atomic E-state index is 0.199. The van der Waals surface area contributed by atoms with Gasteiger partial charge in [0.1, 0.15) is 0 Å². The van der Waals surface area contributed by atoms with E-state index in [0.29, 0.717) is 25.6 Å². The topological polar surface area (TPSA) is 96.5 Å². The summed E-state index contributed by atoms with van der Waals surface area (Å²) < 4.78 is 30.7. The Morgan fingerprint density at radius 1 is 1.27 bits per heavy atom. The molecule has 3 N–H and O–H groups in total. The average Bonchev–Trinajstić information content (AvgIpc) is 3.05. The quantitative estimate of drug-likeness (QED) is 0.706. The Balaban J connectivity index is 1.77. The molecular formula is C14H21N3O4S. The van der Waals surface area contributed by atoms with Crippen molar-refractivity contribution < 1.29 is 17.9 Å².